The van der Waals surface area contributed by atoms with E-state index in [1.54, 1.807) is 13.2 Å². The van der Waals surface area contributed by atoms with E-state index in [4.69, 9.17) is 25.9 Å². The number of nitrogens with two attached hydrogens (primary N) is 2. The van der Waals surface area contributed by atoms with Gasteiger partial charge in [-0.2, -0.15) is 0 Å². The van der Waals surface area contributed by atoms with Crippen molar-refractivity contribution in [1.29, 1.82) is 0 Å². The molecule has 5 rings (SSSR count). The first-order chi connectivity index (χ1) is 17.4. The van der Waals surface area contributed by atoms with Crippen LogP contribution in [0.4, 0.5) is 11.4 Å². The Kier molecular flexibility index (Phi) is 7.05. The van der Waals surface area contributed by atoms with Gasteiger partial charge in [0.1, 0.15) is 5.84 Å². The second-order valence-corrected chi connectivity index (χ2v) is 10.2. The van der Waals surface area contributed by atoms with E-state index in [2.05, 4.69) is 11.0 Å². The summed E-state index contributed by atoms with van der Waals surface area (Å²) in [5.74, 6) is 1.81. The number of fused-ring (bicyclic) bond motifs is 1. The molecule has 1 saturated heterocycles. The van der Waals surface area contributed by atoms with Crippen molar-refractivity contribution in [3.63, 3.8) is 0 Å². The minimum absolute atomic E-state index is 0.0744. The Labute approximate surface area is 213 Å². The van der Waals surface area contributed by atoms with Crippen LogP contribution in [-0.4, -0.2) is 67.5 Å². The molecule has 4 N–H and O–H groups in total. The number of hydrogen-bond donors (Lipinski definition) is 2. The number of amidine groups is 1. The zero-order valence-electron chi connectivity index (χ0n) is 21.3. The average Bonchev–Trinajstić information content (AvgIpc) is 3.37. The molecule has 2 aromatic carbocycles. The van der Waals surface area contributed by atoms with Gasteiger partial charge in [0.15, 0.2) is 11.5 Å². The largest absolute Gasteiger partial charge is 0.493 e. The van der Waals surface area contributed by atoms with E-state index in [1.165, 1.54) is 11.1 Å². The summed E-state index contributed by atoms with van der Waals surface area (Å²) >= 11 is 0. The Hall–Kier alpha value is -3.26. The van der Waals surface area contributed by atoms with Crippen molar-refractivity contribution in [2.75, 3.05) is 39.5 Å². The molecule has 8 nitrogen and oxygen atoms in total. The molecule has 0 unspecified atom stereocenters. The molecule has 0 radical (unpaired) electrons. The Morgan fingerprint density at radius 3 is 2.64 bits per heavy atom. The number of amides is 1. The molecular formula is C28H37N5O3. The quantitative estimate of drug-likeness (QED) is 0.365. The van der Waals surface area contributed by atoms with Gasteiger partial charge in [-0.05, 0) is 68.2 Å². The molecule has 2 aromatic rings. The van der Waals surface area contributed by atoms with Crippen LogP contribution in [0.15, 0.2) is 35.3 Å². The van der Waals surface area contributed by atoms with Gasteiger partial charge in [-0.25, -0.2) is 4.99 Å². The number of methoxy groups -OCH3 is 1. The van der Waals surface area contributed by atoms with Crippen LogP contribution in [0.5, 0.6) is 11.5 Å². The molecule has 8 heteroatoms. The highest BCUT2D eigenvalue weighted by Gasteiger charge is 2.31. The molecule has 0 aromatic heterocycles. The summed E-state index contributed by atoms with van der Waals surface area (Å²) < 4.78 is 12.0. The van der Waals surface area contributed by atoms with E-state index in [9.17, 15) is 4.79 Å². The zero-order chi connectivity index (χ0) is 25.2. The number of carbonyl (C=O) groups is 1. The van der Waals surface area contributed by atoms with Gasteiger partial charge in [-0.1, -0.05) is 12.1 Å². The van der Waals surface area contributed by atoms with Crippen molar-refractivity contribution in [3.8, 4) is 11.5 Å². The van der Waals surface area contributed by atoms with Crippen LogP contribution in [0, 0.1) is 0 Å². The summed E-state index contributed by atoms with van der Waals surface area (Å²) in [6.07, 6.45) is 7.21. The summed E-state index contributed by atoms with van der Waals surface area (Å²) in [6, 6.07) is 10.3. The predicted octanol–water partition coefficient (Wildman–Crippen LogP) is 3.27. The fourth-order valence-corrected chi connectivity index (χ4v) is 5.74. The second kappa shape index (κ2) is 10.4. The third kappa shape index (κ3) is 5.00. The van der Waals surface area contributed by atoms with Crippen LogP contribution in [0.3, 0.4) is 0 Å². The first-order valence-corrected chi connectivity index (χ1v) is 13.0. The maximum atomic E-state index is 12.1. The Balaban J connectivity index is 1.30. The van der Waals surface area contributed by atoms with Gasteiger partial charge >= 0.3 is 0 Å². The van der Waals surface area contributed by atoms with Crippen LogP contribution < -0.4 is 20.9 Å². The fourth-order valence-electron chi connectivity index (χ4n) is 5.74. The van der Waals surface area contributed by atoms with Crippen molar-refractivity contribution in [2.24, 2.45) is 10.7 Å². The van der Waals surface area contributed by atoms with Gasteiger partial charge in [-0.3, -0.25) is 9.69 Å². The monoisotopic (exact) mass is 491 g/mol. The van der Waals surface area contributed by atoms with Crippen LogP contribution in [0.25, 0.3) is 0 Å². The van der Waals surface area contributed by atoms with E-state index in [1.807, 2.05) is 30.1 Å². The molecule has 0 bridgehead atoms. The fraction of sp³-hybridized carbons (Fsp3) is 0.500. The number of ether oxygens (including phenoxy) is 2. The van der Waals surface area contributed by atoms with E-state index >= 15 is 0 Å². The van der Waals surface area contributed by atoms with Gasteiger partial charge < -0.3 is 25.8 Å². The van der Waals surface area contributed by atoms with Gasteiger partial charge in [-0.15, -0.1) is 0 Å². The number of nitrogens with zero attached hydrogens (tertiary/aromatic N) is 3. The molecule has 1 saturated carbocycles. The highest BCUT2D eigenvalue weighted by molar-refractivity contribution is 6.04. The van der Waals surface area contributed by atoms with E-state index < -0.39 is 0 Å². The average molecular weight is 492 g/mol. The molecule has 1 amide bonds. The van der Waals surface area contributed by atoms with Crippen molar-refractivity contribution in [1.82, 2.24) is 9.80 Å². The zero-order valence-corrected chi connectivity index (χ0v) is 21.3. The first-order valence-electron chi connectivity index (χ1n) is 13.0. The van der Waals surface area contributed by atoms with Gasteiger partial charge in [0.2, 0.25) is 5.91 Å². The van der Waals surface area contributed by atoms with Crippen LogP contribution in [0.2, 0.25) is 0 Å². The van der Waals surface area contributed by atoms with Crippen LogP contribution in [-0.2, 0) is 17.6 Å². The normalized spacial score (nSPS) is 23.0. The van der Waals surface area contributed by atoms with Crippen LogP contribution in [0.1, 0.15) is 48.8 Å². The maximum absolute atomic E-state index is 12.1. The van der Waals surface area contributed by atoms with E-state index in [0.29, 0.717) is 41.2 Å². The molecule has 36 heavy (non-hydrogen) atoms. The molecule has 2 aliphatic carbocycles. The molecule has 2 fully saturated rings. The number of likely N-dealkylation sites (N-methyl/N-ethyl adjacent to an activating group) is 1. The molecular weight excluding hydrogens is 454 g/mol. The number of aryl methyl sites for hydroxylation is 1. The van der Waals surface area contributed by atoms with Crippen molar-refractivity contribution >= 4 is 23.1 Å². The number of nitrogen functional groups attached to an aromatic ring is 1. The summed E-state index contributed by atoms with van der Waals surface area (Å²) in [5, 5.41) is 0. The lowest BCUT2D eigenvalue weighted by Crippen LogP contribution is -2.53. The summed E-state index contributed by atoms with van der Waals surface area (Å²) in [4.78, 5) is 21.0. The molecule has 0 atom stereocenters. The molecule has 3 aliphatic rings. The number of piperazine rings is 1. The van der Waals surface area contributed by atoms with Crippen molar-refractivity contribution in [2.45, 2.75) is 57.1 Å². The lowest BCUT2D eigenvalue weighted by atomic mass is 9.91. The summed E-state index contributed by atoms with van der Waals surface area (Å²) in [7, 11) is 3.50. The number of anilines is 1. The predicted molar refractivity (Wildman–Crippen MR) is 142 cm³/mol. The molecule has 0 spiro atoms. The maximum Gasteiger partial charge on any atom is 0.236 e. The van der Waals surface area contributed by atoms with E-state index in [0.717, 1.165) is 63.7 Å². The number of hydrogen-bond acceptors (Lipinski definition) is 6. The van der Waals surface area contributed by atoms with E-state index in [-0.39, 0.29) is 12.0 Å². The highest BCUT2D eigenvalue weighted by Crippen LogP contribution is 2.37. The van der Waals surface area contributed by atoms with Gasteiger partial charge in [0.25, 0.3) is 0 Å². The van der Waals surface area contributed by atoms with Crippen molar-refractivity contribution < 1.29 is 14.3 Å². The smallest absolute Gasteiger partial charge is 0.236 e. The standard InChI is InChI=1S/C28H37N5O3/c1-32-13-14-33(17-27(32)34)19-9-11-20(12-10-19)36-26-15-22(23(29)16-25(26)35-2)28(30)31-24-8-4-6-18-5-3-7-21(18)24/h4,6,8,15-16,19-20H,3,5,7,9-14,17,29H2,1-2H3,(H2,30,31). The lowest BCUT2D eigenvalue weighted by Gasteiger charge is -2.40. The Bertz CT molecular complexity index is 1160. The SMILES string of the molecule is COc1cc(N)c(C(N)=Nc2cccc3c2CCC3)cc1OC1CCC(N2CCN(C)C(=O)C2)CC1. The number of aliphatic imine (C=N–C) groups is 1. The summed E-state index contributed by atoms with van der Waals surface area (Å²) in [6.45, 7) is 2.26. The van der Waals surface area contributed by atoms with Gasteiger partial charge in [0, 0.05) is 43.5 Å². The molecule has 192 valence electrons. The summed E-state index contributed by atoms with van der Waals surface area (Å²) in [5.41, 5.74) is 17.6. The number of rotatable bonds is 6. The highest BCUT2D eigenvalue weighted by atomic mass is 16.5. The van der Waals surface area contributed by atoms with Crippen LogP contribution >= 0.6 is 0 Å². The molecule has 1 heterocycles. The Morgan fingerprint density at radius 1 is 1.08 bits per heavy atom. The topological polar surface area (TPSA) is 106 Å². The Morgan fingerprint density at radius 2 is 1.89 bits per heavy atom. The second-order valence-electron chi connectivity index (χ2n) is 10.2. The number of benzene rings is 2. The first kappa shape index (κ1) is 24.4. The minimum Gasteiger partial charge on any atom is -0.493 e. The number of carbonyl (C=O) groups excluding carboxylic acids is 1. The molecule has 1 aliphatic heterocycles. The minimum atomic E-state index is 0.0744. The third-order valence-electron chi connectivity index (χ3n) is 7.91. The lowest BCUT2D eigenvalue weighted by molar-refractivity contribution is -0.135. The third-order valence-corrected chi connectivity index (χ3v) is 7.91. The van der Waals surface area contributed by atoms with Crippen molar-refractivity contribution in [3.05, 3.63) is 47.0 Å². The van der Waals surface area contributed by atoms with Gasteiger partial charge in [0.05, 0.1) is 25.4 Å².